The predicted molar refractivity (Wildman–Crippen MR) is 83.1 cm³/mol. The molecule has 19 heavy (non-hydrogen) atoms. The Kier molecular flexibility index (Phi) is 4.11. The number of furan rings is 1. The minimum Gasteiger partial charge on any atom is -0.441 e. The first-order valence-corrected chi connectivity index (χ1v) is 6.89. The first-order chi connectivity index (χ1) is 9.02. The van der Waals surface area contributed by atoms with E-state index in [2.05, 4.69) is 6.58 Å². The summed E-state index contributed by atoms with van der Waals surface area (Å²) in [4.78, 5) is 16.1. The maximum Gasteiger partial charge on any atom is 0.266 e. The molecular formula is C13H14N2O2S2. The van der Waals surface area contributed by atoms with Crippen LogP contribution in [0.25, 0.3) is 6.08 Å². The van der Waals surface area contributed by atoms with E-state index in [0.717, 1.165) is 5.88 Å². The van der Waals surface area contributed by atoms with E-state index in [-0.39, 0.29) is 5.91 Å². The molecule has 6 heteroatoms. The fourth-order valence-electron chi connectivity index (χ4n) is 1.58. The third-order valence-corrected chi connectivity index (χ3v) is 3.89. The Bertz CT molecular complexity index is 561. The van der Waals surface area contributed by atoms with E-state index < -0.39 is 0 Å². The summed E-state index contributed by atoms with van der Waals surface area (Å²) in [6.07, 6.45) is 3.38. The summed E-state index contributed by atoms with van der Waals surface area (Å²) in [6.45, 7) is 4.05. The standard InChI is InChI=1S/C13H14N2O2S2/c1-4-7-15-12(16)10(19-13(15)18)8-9-5-6-11(17-9)14(2)3/h4-6,8H,1,7H2,2-3H3/b10-8-. The Balaban J connectivity index is 2.22. The van der Waals surface area contributed by atoms with Gasteiger partial charge in [-0.15, -0.1) is 6.58 Å². The monoisotopic (exact) mass is 294 g/mol. The Morgan fingerprint density at radius 3 is 2.84 bits per heavy atom. The van der Waals surface area contributed by atoms with E-state index in [1.54, 1.807) is 12.2 Å². The number of carbonyl (C=O) groups is 1. The summed E-state index contributed by atoms with van der Waals surface area (Å²) in [5, 5.41) is 0. The van der Waals surface area contributed by atoms with Crippen LogP contribution in [0.4, 0.5) is 5.88 Å². The van der Waals surface area contributed by atoms with Crippen LogP contribution in [-0.4, -0.2) is 35.8 Å². The third-order valence-electron chi connectivity index (χ3n) is 2.51. The number of hydrogen-bond donors (Lipinski definition) is 0. The molecule has 0 aromatic carbocycles. The molecule has 2 rings (SSSR count). The number of hydrogen-bond acceptors (Lipinski definition) is 5. The molecule has 0 N–H and O–H groups in total. The van der Waals surface area contributed by atoms with Crippen LogP contribution >= 0.6 is 24.0 Å². The van der Waals surface area contributed by atoms with E-state index >= 15 is 0 Å². The minimum absolute atomic E-state index is 0.0993. The van der Waals surface area contributed by atoms with Gasteiger partial charge < -0.3 is 9.32 Å². The zero-order valence-corrected chi connectivity index (χ0v) is 12.4. The van der Waals surface area contributed by atoms with Crippen molar-refractivity contribution in [3.63, 3.8) is 0 Å². The second-order valence-electron chi connectivity index (χ2n) is 4.15. The fourth-order valence-corrected chi connectivity index (χ4v) is 2.83. The van der Waals surface area contributed by atoms with Crippen LogP contribution in [0.5, 0.6) is 0 Å². The molecule has 0 aliphatic carbocycles. The van der Waals surface area contributed by atoms with E-state index in [4.69, 9.17) is 16.6 Å². The van der Waals surface area contributed by atoms with Crippen LogP contribution < -0.4 is 4.90 Å². The molecule has 100 valence electrons. The molecule has 0 bridgehead atoms. The number of anilines is 1. The van der Waals surface area contributed by atoms with Gasteiger partial charge in [0.25, 0.3) is 5.91 Å². The van der Waals surface area contributed by atoms with Crippen molar-refractivity contribution >= 4 is 46.2 Å². The van der Waals surface area contributed by atoms with Crippen molar-refractivity contribution in [2.45, 2.75) is 0 Å². The topological polar surface area (TPSA) is 36.7 Å². The Hall–Kier alpha value is -1.53. The highest BCUT2D eigenvalue weighted by atomic mass is 32.2. The second-order valence-corrected chi connectivity index (χ2v) is 5.83. The largest absolute Gasteiger partial charge is 0.441 e. The van der Waals surface area contributed by atoms with Crippen molar-refractivity contribution in [2.75, 3.05) is 25.5 Å². The zero-order valence-electron chi connectivity index (χ0n) is 10.8. The third kappa shape index (κ3) is 2.90. The van der Waals surface area contributed by atoms with Gasteiger partial charge in [-0.05, 0) is 6.07 Å². The molecule has 1 amide bonds. The van der Waals surface area contributed by atoms with Gasteiger partial charge in [-0.3, -0.25) is 9.69 Å². The lowest BCUT2D eigenvalue weighted by Gasteiger charge is -2.10. The summed E-state index contributed by atoms with van der Waals surface area (Å²) in [6, 6.07) is 3.69. The van der Waals surface area contributed by atoms with Crippen LogP contribution in [0.2, 0.25) is 0 Å². The van der Waals surface area contributed by atoms with Gasteiger partial charge in [-0.25, -0.2) is 0 Å². The highest BCUT2D eigenvalue weighted by Crippen LogP contribution is 2.33. The lowest BCUT2D eigenvalue weighted by atomic mass is 10.3. The number of thioether (sulfide) groups is 1. The SMILES string of the molecule is C=CCN1C(=O)/C(=C/c2ccc(N(C)C)o2)SC1=S. The number of amides is 1. The fraction of sp³-hybridized carbons (Fsp3) is 0.231. The highest BCUT2D eigenvalue weighted by Gasteiger charge is 2.31. The minimum atomic E-state index is -0.0993. The lowest BCUT2D eigenvalue weighted by molar-refractivity contribution is -0.121. The van der Waals surface area contributed by atoms with Crippen molar-refractivity contribution < 1.29 is 9.21 Å². The zero-order chi connectivity index (χ0) is 14.0. The Labute approximate surface area is 121 Å². The molecule has 0 radical (unpaired) electrons. The van der Waals surface area contributed by atoms with Gasteiger partial charge in [0.05, 0.1) is 4.91 Å². The Morgan fingerprint density at radius 2 is 2.26 bits per heavy atom. The summed E-state index contributed by atoms with van der Waals surface area (Å²) in [5.41, 5.74) is 0. The highest BCUT2D eigenvalue weighted by molar-refractivity contribution is 8.26. The van der Waals surface area contributed by atoms with Gasteiger partial charge in [-0.2, -0.15) is 0 Å². The van der Waals surface area contributed by atoms with Gasteiger partial charge in [0.1, 0.15) is 10.1 Å². The van der Waals surface area contributed by atoms with Gasteiger partial charge in [-0.1, -0.05) is 30.1 Å². The smallest absolute Gasteiger partial charge is 0.266 e. The molecule has 1 saturated heterocycles. The first-order valence-electron chi connectivity index (χ1n) is 5.66. The first kappa shape index (κ1) is 13.9. The molecule has 4 nitrogen and oxygen atoms in total. The van der Waals surface area contributed by atoms with Crippen molar-refractivity contribution in [1.29, 1.82) is 0 Å². The summed E-state index contributed by atoms with van der Waals surface area (Å²) in [7, 11) is 3.79. The normalized spacial score (nSPS) is 17.4. The van der Waals surface area contributed by atoms with Crippen molar-refractivity contribution in [2.24, 2.45) is 0 Å². The average Bonchev–Trinajstić information content (AvgIpc) is 2.91. The summed E-state index contributed by atoms with van der Waals surface area (Å²) < 4.78 is 6.14. The van der Waals surface area contributed by atoms with Gasteiger partial charge in [0, 0.05) is 32.8 Å². The van der Waals surface area contributed by atoms with Gasteiger partial charge >= 0.3 is 0 Å². The molecule has 0 unspecified atom stereocenters. The van der Waals surface area contributed by atoms with Crippen molar-refractivity contribution in [1.82, 2.24) is 4.90 Å². The van der Waals surface area contributed by atoms with Gasteiger partial charge in [0.15, 0.2) is 5.88 Å². The van der Waals surface area contributed by atoms with Crippen LogP contribution in [0.15, 0.2) is 34.1 Å². The van der Waals surface area contributed by atoms with Crippen LogP contribution in [-0.2, 0) is 4.79 Å². The molecule has 1 aliphatic heterocycles. The van der Waals surface area contributed by atoms with E-state index in [9.17, 15) is 4.79 Å². The average molecular weight is 294 g/mol. The second kappa shape index (κ2) is 5.63. The summed E-state index contributed by atoms with van der Waals surface area (Å²) in [5.74, 6) is 1.29. The van der Waals surface area contributed by atoms with E-state index in [1.165, 1.54) is 16.7 Å². The van der Waals surface area contributed by atoms with Gasteiger partial charge in [0.2, 0.25) is 0 Å². The van der Waals surface area contributed by atoms with Crippen LogP contribution in [0, 0.1) is 0 Å². The van der Waals surface area contributed by atoms with Crippen molar-refractivity contribution in [3.05, 3.63) is 35.5 Å². The maximum absolute atomic E-state index is 12.1. The molecule has 1 aliphatic rings. The number of thiocarbonyl (C=S) groups is 1. The number of nitrogens with zero attached hydrogens (tertiary/aromatic N) is 2. The van der Waals surface area contributed by atoms with E-state index in [1.807, 2.05) is 31.1 Å². The molecule has 2 heterocycles. The molecule has 1 aromatic heterocycles. The number of rotatable bonds is 4. The molecule has 1 fully saturated rings. The van der Waals surface area contributed by atoms with E-state index in [0.29, 0.717) is 21.5 Å². The number of carbonyl (C=O) groups excluding carboxylic acids is 1. The van der Waals surface area contributed by atoms with Crippen molar-refractivity contribution in [3.8, 4) is 0 Å². The molecular weight excluding hydrogens is 280 g/mol. The molecule has 0 saturated carbocycles. The maximum atomic E-state index is 12.1. The quantitative estimate of drug-likeness (QED) is 0.485. The van der Waals surface area contributed by atoms with Crippen LogP contribution in [0.1, 0.15) is 5.76 Å². The predicted octanol–water partition coefficient (Wildman–Crippen LogP) is 2.73. The molecule has 0 atom stereocenters. The van der Waals surface area contributed by atoms with Crippen LogP contribution in [0.3, 0.4) is 0 Å². The lowest BCUT2D eigenvalue weighted by Crippen LogP contribution is -2.27. The Morgan fingerprint density at radius 1 is 1.53 bits per heavy atom. The summed E-state index contributed by atoms with van der Waals surface area (Å²) >= 11 is 6.45. The molecule has 1 aromatic rings. The molecule has 0 spiro atoms.